The molecule has 4 aliphatic rings. The fraction of sp³-hybridized carbons (Fsp3) is 0.375. The standard InChI is InChI=1S/C24H22N4O6/c1-12-5-6-13(10-18(12)28(32)33)27-21(29)19-17-4-3-9-26(17)24(20(19)22(27)30)15-11-14(34-2)7-8-16(15)25-23(24)31/h5-8,10-11,17,19-20H,3-4,9H2,1-2H3,(H,25,31)/t17-,19+,20-,24+/m0/s1. The molecular weight excluding hydrogens is 440 g/mol. The van der Waals surface area contributed by atoms with E-state index in [-0.39, 0.29) is 23.3 Å². The minimum absolute atomic E-state index is 0.158. The van der Waals surface area contributed by atoms with Crippen LogP contribution >= 0.6 is 0 Å². The molecule has 1 spiro atoms. The number of carbonyl (C=O) groups is 3. The maximum Gasteiger partial charge on any atom is 0.274 e. The molecule has 1 N–H and O–H groups in total. The van der Waals surface area contributed by atoms with Gasteiger partial charge in [0, 0.05) is 28.9 Å². The molecule has 0 unspecified atom stereocenters. The summed E-state index contributed by atoms with van der Waals surface area (Å²) in [4.78, 5) is 55.4. The molecule has 34 heavy (non-hydrogen) atoms. The highest BCUT2D eigenvalue weighted by Gasteiger charge is 2.74. The first-order chi connectivity index (χ1) is 16.3. The molecule has 4 atom stereocenters. The number of fused-ring (bicyclic) bond motifs is 7. The third-order valence-electron chi connectivity index (χ3n) is 7.85. The van der Waals surface area contributed by atoms with Gasteiger partial charge in [0.1, 0.15) is 11.3 Å². The van der Waals surface area contributed by atoms with Gasteiger partial charge >= 0.3 is 0 Å². The SMILES string of the molecule is COc1ccc2c(c1)[C@]1(C(=O)N2)[C@@H]2C(=O)N(c3ccc(C)c([N+](=O)[O-])c3)C(=O)[C@@H]2[C@@H]2CCCN21. The lowest BCUT2D eigenvalue weighted by Crippen LogP contribution is -2.54. The number of nitro groups is 1. The van der Waals surface area contributed by atoms with Crippen molar-refractivity contribution in [1.82, 2.24) is 4.90 Å². The number of ether oxygens (including phenoxy) is 1. The van der Waals surface area contributed by atoms with Crippen molar-refractivity contribution in [2.45, 2.75) is 31.3 Å². The van der Waals surface area contributed by atoms with Crippen molar-refractivity contribution < 1.29 is 24.0 Å². The van der Waals surface area contributed by atoms with Gasteiger partial charge in [0.25, 0.3) is 5.69 Å². The Balaban J connectivity index is 1.53. The fourth-order valence-electron chi connectivity index (χ4n) is 6.50. The van der Waals surface area contributed by atoms with Crippen LogP contribution in [0.2, 0.25) is 0 Å². The van der Waals surface area contributed by atoms with Crippen molar-refractivity contribution in [3.05, 3.63) is 57.6 Å². The molecule has 3 fully saturated rings. The minimum Gasteiger partial charge on any atom is -0.497 e. The van der Waals surface area contributed by atoms with Crippen LogP contribution in [0.3, 0.4) is 0 Å². The van der Waals surface area contributed by atoms with Crippen molar-refractivity contribution in [2.75, 3.05) is 23.9 Å². The molecule has 6 rings (SSSR count). The Labute approximate surface area is 194 Å². The number of nitro benzene ring substituents is 1. The summed E-state index contributed by atoms with van der Waals surface area (Å²) in [6.07, 6.45) is 1.50. The molecule has 2 aromatic carbocycles. The van der Waals surface area contributed by atoms with Crippen molar-refractivity contribution in [3.63, 3.8) is 0 Å². The van der Waals surface area contributed by atoms with Gasteiger partial charge in [-0.05, 0) is 50.6 Å². The highest BCUT2D eigenvalue weighted by molar-refractivity contribution is 6.26. The monoisotopic (exact) mass is 462 g/mol. The van der Waals surface area contributed by atoms with Crippen LogP contribution in [0.1, 0.15) is 24.0 Å². The molecule has 3 saturated heterocycles. The van der Waals surface area contributed by atoms with Gasteiger partial charge in [0.05, 0.1) is 29.6 Å². The summed E-state index contributed by atoms with van der Waals surface area (Å²) in [7, 11) is 1.53. The molecule has 0 bridgehead atoms. The summed E-state index contributed by atoms with van der Waals surface area (Å²) in [5.74, 6) is -2.33. The smallest absolute Gasteiger partial charge is 0.274 e. The summed E-state index contributed by atoms with van der Waals surface area (Å²) in [5.41, 5.74) is 0.332. The second-order valence-corrected chi connectivity index (χ2v) is 9.28. The number of hydrogen-bond donors (Lipinski definition) is 1. The van der Waals surface area contributed by atoms with E-state index in [0.29, 0.717) is 35.5 Å². The van der Waals surface area contributed by atoms with Gasteiger partial charge in [0.15, 0.2) is 0 Å². The van der Waals surface area contributed by atoms with E-state index in [2.05, 4.69) is 5.32 Å². The first-order valence-corrected chi connectivity index (χ1v) is 11.2. The van der Waals surface area contributed by atoms with Gasteiger partial charge in [-0.2, -0.15) is 0 Å². The second kappa shape index (κ2) is 6.86. The summed E-state index contributed by atoms with van der Waals surface area (Å²) in [6, 6.07) is 9.33. The van der Waals surface area contributed by atoms with E-state index < -0.39 is 34.1 Å². The number of imide groups is 1. The number of benzene rings is 2. The molecule has 2 aromatic rings. The normalized spacial score (nSPS) is 29.4. The Morgan fingerprint density at radius 2 is 1.94 bits per heavy atom. The third kappa shape index (κ3) is 2.35. The number of nitrogens with one attached hydrogen (secondary N) is 1. The fourth-order valence-corrected chi connectivity index (χ4v) is 6.50. The van der Waals surface area contributed by atoms with Crippen molar-refractivity contribution in [2.24, 2.45) is 11.8 Å². The minimum atomic E-state index is -1.33. The summed E-state index contributed by atoms with van der Waals surface area (Å²) < 4.78 is 5.40. The van der Waals surface area contributed by atoms with E-state index in [0.717, 1.165) is 11.3 Å². The van der Waals surface area contributed by atoms with Crippen LogP contribution in [-0.4, -0.2) is 47.2 Å². The summed E-state index contributed by atoms with van der Waals surface area (Å²) in [6.45, 7) is 2.20. The number of anilines is 2. The van der Waals surface area contributed by atoms with Crippen LogP contribution < -0.4 is 15.0 Å². The highest BCUT2D eigenvalue weighted by atomic mass is 16.6. The average Bonchev–Trinajstić information content (AvgIpc) is 3.52. The van der Waals surface area contributed by atoms with Gasteiger partial charge in [-0.25, -0.2) is 4.90 Å². The van der Waals surface area contributed by atoms with Gasteiger partial charge < -0.3 is 10.1 Å². The largest absolute Gasteiger partial charge is 0.497 e. The molecular formula is C24H22N4O6. The second-order valence-electron chi connectivity index (χ2n) is 9.28. The lowest BCUT2D eigenvalue weighted by Gasteiger charge is -2.36. The Bertz CT molecular complexity index is 1310. The van der Waals surface area contributed by atoms with Gasteiger partial charge in [-0.1, -0.05) is 6.07 Å². The Morgan fingerprint density at radius 1 is 1.15 bits per heavy atom. The quantitative estimate of drug-likeness (QED) is 0.422. The molecule has 4 aliphatic heterocycles. The Morgan fingerprint density at radius 3 is 2.68 bits per heavy atom. The number of methoxy groups -OCH3 is 1. The molecule has 10 heteroatoms. The predicted octanol–water partition coefficient (Wildman–Crippen LogP) is 2.34. The Kier molecular flexibility index (Phi) is 4.20. The predicted molar refractivity (Wildman–Crippen MR) is 120 cm³/mol. The lowest BCUT2D eigenvalue weighted by atomic mass is 9.75. The molecule has 0 aromatic heterocycles. The molecule has 10 nitrogen and oxygen atoms in total. The zero-order valence-corrected chi connectivity index (χ0v) is 18.6. The molecule has 0 saturated carbocycles. The van der Waals surface area contributed by atoms with E-state index in [1.807, 2.05) is 4.90 Å². The number of hydrogen-bond acceptors (Lipinski definition) is 7. The number of amides is 3. The van der Waals surface area contributed by atoms with Crippen molar-refractivity contribution in [3.8, 4) is 5.75 Å². The summed E-state index contributed by atoms with van der Waals surface area (Å²) in [5, 5.41) is 14.4. The highest BCUT2D eigenvalue weighted by Crippen LogP contribution is 2.61. The maximum atomic E-state index is 14.0. The van der Waals surface area contributed by atoms with Crippen molar-refractivity contribution in [1.29, 1.82) is 0 Å². The third-order valence-corrected chi connectivity index (χ3v) is 7.85. The van der Waals surface area contributed by atoms with Crippen molar-refractivity contribution >= 4 is 34.8 Å². The lowest BCUT2D eigenvalue weighted by molar-refractivity contribution is -0.385. The molecule has 4 heterocycles. The molecule has 3 amide bonds. The van der Waals surface area contributed by atoms with E-state index >= 15 is 0 Å². The Hall–Kier alpha value is -3.79. The van der Waals surface area contributed by atoms with Crippen LogP contribution in [0.15, 0.2) is 36.4 Å². The average molecular weight is 462 g/mol. The van der Waals surface area contributed by atoms with Crippen LogP contribution in [-0.2, 0) is 19.9 Å². The number of rotatable bonds is 3. The van der Waals surface area contributed by atoms with Gasteiger partial charge in [-0.15, -0.1) is 0 Å². The number of nitrogens with zero attached hydrogens (tertiary/aromatic N) is 3. The summed E-state index contributed by atoms with van der Waals surface area (Å²) >= 11 is 0. The van der Waals surface area contributed by atoms with Crippen LogP contribution in [0.25, 0.3) is 0 Å². The first kappa shape index (κ1) is 20.8. The topological polar surface area (TPSA) is 122 Å². The zero-order valence-electron chi connectivity index (χ0n) is 18.6. The molecule has 174 valence electrons. The van der Waals surface area contributed by atoms with E-state index in [1.54, 1.807) is 31.2 Å². The van der Waals surface area contributed by atoms with Crippen LogP contribution in [0.5, 0.6) is 5.75 Å². The van der Waals surface area contributed by atoms with E-state index in [4.69, 9.17) is 4.74 Å². The zero-order chi connectivity index (χ0) is 23.9. The number of aryl methyl sites for hydroxylation is 1. The molecule has 0 aliphatic carbocycles. The van der Waals surface area contributed by atoms with Crippen LogP contribution in [0.4, 0.5) is 17.1 Å². The maximum absolute atomic E-state index is 14.0. The van der Waals surface area contributed by atoms with Crippen LogP contribution in [0, 0.1) is 28.9 Å². The van der Waals surface area contributed by atoms with E-state index in [9.17, 15) is 24.5 Å². The first-order valence-electron chi connectivity index (χ1n) is 11.2. The number of carbonyl (C=O) groups excluding carboxylic acids is 3. The van der Waals surface area contributed by atoms with Gasteiger partial charge in [-0.3, -0.25) is 29.4 Å². The molecule has 0 radical (unpaired) electrons. The van der Waals surface area contributed by atoms with E-state index in [1.165, 1.54) is 19.2 Å². The van der Waals surface area contributed by atoms with Gasteiger partial charge in [0.2, 0.25) is 17.7 Å².